The van der Waals surface area contributed by atoms with Crippen molar-refractivity contribution in [1.29, 1.82) is 0 Å². The normalized spacial score (nSPS) is 22.5. The molecule has 9 nitrogen and oxygen atoms in total. The van der Waals surface area contributed by atoms with Gasteiger partial charge in [-0.05, 0) is 37.5 Å². The van der Waals surface area contributed by atoms with Crippen LogP contribution in [-0.2, 0) is 14.3 Å². The molecule has 1 aromatic rings. The third-order valence-corrected chi connectivity index (χ3v) is 6.24. The number of nitrogens with zero attached hydrogens (tertiary/aromatic N) is 2. The fourth-order valence-electron chi connectivity index (χ4n) is 4.51. The third kappa shape index (κ3) is 6.03. The van der Waals surface area contributed by atoms with E-state index >= 15 is 0 Å². The lowest BCUT2D eigenvalue weighted by Crippen LogP contribution is -2.48. The summed E-state index contributed by atoms with van der Waals surface area (Å²) in [6, 6.07) is 5.92. The zero-order chi connectivity index (χ0) is 24.0. The van der Waals surface area contributed by atoms with Crippen molar-refractivity contribution in [3.8, 4) is 5.75 Å². The van der Waals surface area contributed by atoms with Crippen LogP contribution in [0.2, 0.25) is 0 Å². The molecule has 2 saturated heterocycles. The zero-order valence-electron chi connectivity index (χ0n) is 19.8. The van der Waals surface area contributed by atoms with Crippen LogP contribution in [0.15, 0.2) is 24.3 Å². The Hall–Kier alpha value is -2.65. The fourth-order valence-corrected chi connectivity index (χ4v) is 4.51. The van der Waals surface area contributed by atoms with Gasteiger partial charge in [0.25, 0.3) is 5.91 Å². The minimum Gasteiger partial charge on any atom is -0.497 e. The maximum absolute atomic E-state index is 13.5. The molecule has 0 radical (unpaired) electrons. The van der Waals surface area contributed by atoms with E-state index < -0.39 is 6.04 Å². The minimum absolute atomic E-state index is 0.00676. The molecule has 2 aliphatic heterocycles. The Labute approximate surface area is 195 Å². The number of amides is 3. The van der Waals surface area contributed by atoms with Gasteiger partial charge in [0.15, 0.2) is 0 Å². The largest absolute Gasteiger partial charge is 0.497 e. The molecule has 2 aliphatic rings. The summed E-state index contributed by atoms with van der Waals surface area (Å²) in [6.07, 6.45) is 2.24. The number of nitrogens with one attached hydrogen (secondary N) is 1. The van der Waals surface area contributed by atoms with Gasteiger partial charge in [-0.1, -0.05) is 19.9 Å². The summed E-state index contributed by atoms with van der Waals surface area (Å²) in [7, 11) is 1.54. The Balaban J connectivity index is 1.87. The molecule has 0 aliphatic carbocycles. The average molecular weight is 461 g/mol. The van der Waals surface area contributed by atoms with E-state index in [2.05, 4.69) is 5.32 Å². The monoisotopic (exact) mass is 460 g/mol. The second kappa shape index (κ2) is 11.5. The smallest absolute Gasteiger partial charge is 0.254 e. The Morgan fingerprint density at radius 1 is 1.33 bits per heavy atom. The maximum atomic E-state index is 13.5. The predicted octanol–water partition coefficient (Wildman–Crippen LogP) is 1.02. The molecule has 182 valence electrons. The van der Waals surface area contributed by atoms with Crippen molar-refractivity contribution < 1.29 is 23.9 Å². The van der Waals surface area contributed by atoms with Crippen molar-refractivity contribution in [2.24, 2.45) is 11.7 Å². The van der Waals surface area contributed by atoms with Crippen LogP contribution in [0.5, 0.6) is 5.75 Å². The fraction of sp³-hybridized carbons (Fsp3) is 0.625. The van der Waals surface area contributed by atoms with Gasteiger partial charge in [0.2, 0.25) is 11.8 Å². The molecule has 3 unspecified atom stereocenters. The number of hydrogen-bond donors (Lipinski definition) is 2. The van der Waals surface area contributed by atoms with Crippen molar-refractivity contribution in [1.82, 2.24) is 15.1 Å². The molecule has 3 atom stereocenters. The number of likely N-dealkylation sites (tertiary alicyclic amines) is 1. The van der Waals surface area contributed by atoms with Crippen LogP contribution >= 0.6 is 0 Å². The lowest BCUT2D eigenvalue weighted by Gasteiger charge is -2.32. The number of hydrogen-bond acceptors (Lipinski definition) is 6. The van der Waals surface area contributed by atoms with Gasteiger partial charge in [-0.25, -0.2) is 0 Å². The molecule has 0 bridgehead atoms. The summed E-state index contributed by atoms with van der Waals surface area (Å²) < 4.78 is 11.0. The van der Waals surface area contributed by atoms with Gasteiger partial charge in [0, 0.05) is 44.3 Å². The summed E-state index contributed by atoms with van der Waals surface area (Å²) in [4.78, 5) is 43.0. The van der Waals surface area contributed by atoms with Crippen LogP contribution in [0, 0.1) is 5.92 Å². The Bertz CT molecular complexity index is 840. The standard InChI is InChI=1S/C24H36N4O5/c1-16(2)23(30)27(15-20-8-5-11-33-20)18-13-21(22(29)26-10-9-25)28(14-18)24(31)17-6-4-7-19(12-17)32-3/h4,6-7,12,16,18,20-21H,5,8-11,13-15,25H2,1-3H3,(H,26,29). The maximum Gasteiger partial charge on any atom is 0.254 e. The highest BCUT2D eigenvalue weighted by atomic mass is 16.5. The van der Waals surface area contributed by atoms with Gasteiger partial charge >= 0.3 is 0 Å². The van der Waals surface area contributed by atoms with E-state index in [1.54, 1.807) is 36.3 Å². The summed E-state index contributed by atoms with van der Waals surface area (Å²) >= 11 is 0. The molecule has 0 saturated carbocycles. The second-order valence-corrected chi connectivity index (χ2v) is 8.95. The number of benzene rings is 1. The lowest BCUT2D eigenvalue weighted by molar-refractivity contribution is -0.138. The van der Waals surface area contributed by atoms with E-state index in [0.29, 0.717) is 44.0 Å². The molecule has 3 N–H and O–H groups in total. The molecule has 0 aromatic heterocycles. The Kier molecular flexibility index (Phi) is 8.68. The molecule has 2 fully saturated rings. The Morgan fingerprint density at radius 3 is 2.76 bits per heavy atom. The molecule has 2 heterocycles. The molecule has 3 rings (SSSR count). The first kappa shape index (κ1) is 25.0. The van der Waals surface area contributed by atoms with Crippen molar-refractivity contribution in [2.75, 3.05) is 39.9 Å². The second-order valence-electron chi connectivity index (χ2n) is 8.95. The summed E-state index contributed by atoms with van der Waals surface area (Å²) in [5, 5.41) is 2.81. The van der Waals surface area contributed by atoms with Crippen LogP contribution in [0.1, 0.15) is 43.5 Å². The molecule has 33 heavy (non-hydrogen) atoms. The molecule has 9 heteroatoms. The Morgan fingerprint density at radius 2 is 2.12 bits per heavy atom. The number of methoxy groups -OCH3 is 1. The highest BCUT2D eigenvalue weighted by Gasteiger charge is 2.44. The predicted molar refractivity (Wildman–Crippen MR) is 124 cm³/mol. The zero-order valence-corrected chi connectivity index (χ0v) is 19.8. The van der Waals surface area contributed by atoms with Gasteiger partial charge < -0.3 is 30.3 Å². The van der Waals surface area contributed by atoms with Crippen molar-refractivity contribution in [3.05, 3.63) is 29.8 Å². The van der Waals surface area contributed by atoms with Crippen molar-refractivity contribution in [3.63, 3.8) is 0 Å². The first-order chi connectivity index (χ1) is 15.8. The van der Waals surface area contributed by atoms with Crippen LogP contribution < -0.4 is 15.8 Å². The first-order valence-corrected chi connectivity index (χ1v) is 11.7. The van der Waals surface area contributed by atoms with Gasteiger partial charge in [-0.3, -0.25) is 14.4 Å². The summed E-state index contributed by atoms with van der Waals surface area (Å²) in [5.41, 5.74) is 5.99. The molecular formula is C24H36N4O5. The van der Waals surface area contributed by atoms with Gasteiger partial charge in [0.1, 0.15) is 11.8 Å². The van der Waals surface area contributed by atoms with Gasteiger partial charge in [-0.15, -0.1) is 0 Å². The van der Waals surface area contributed by atoms with Crippen LogP contribution in [-0.4, -0.2) is 85.6 Å². The number of carbonyl (C=O) groups is 3. The van der Waals surface area contributed by atoms with Gasteiger partial charge in [-0.2, -0.15) is 0 Å². The van der Waals surface area contributed by atoms with Crippen LogP contribution in [0.3, 0.4) is 0 Å². The van der Waals surface area contributed by atoms with Crippen LogP contribution in [0.25, 0.3) is 0 Å². The number of carbonyl (C=O) groups excluding carboxylic acids is 3. The quantitative estimate of drug-likeness (QED) is 0.569. The number of ether oxygens (including phenoxy) is 2. The highest BCUT2D eigenvalue weighted by molar-refractivity contribution is 5.98. The molecule has 1 aromatic carbocycles. The third-order valence-electron chi connectivity index (χ3n) is 6.24. The topological polar surface area (TPSA) is 114 Å². The minimum atomic E-state index is -0.688. The van der Waals surface area contributed by atoms with E-state index in [0.717, 1.165) is 12.8 Å². The van der Waals surface area contributed by atoms with Gasteiger partial charge in [0.05, 0.1) is 19.3 Å². The van der Waals surface area contributed by atoms with E-state index in [1.807, 2.05) is 18.7 Å². The van der Waals surface area contributed by atoms with E-state index in [4.69, 9.17) is 15.2 Å². The summed E-state index contributed by atoms with van der Waals surface area (Å²) in [5.74, 6) is -0.145. The average Bonchev–Trinajstić information content (AvgIpc) is 3.50. The lowest BCUT2D eigenvalue weighted by atomic mass is 10.1. The van der Waals surface area contributed by atoms with E-state index in [9.17, 15) is 14.4 Å². The van der Waals surface area contributed by atoms with Crippen molar-refractivity contribution in [2.45, 2.75) is 51.3 Å². The van der Waals surface area contributed by atoms with Crippen molar-refractivity contribution >= 4 is 17.7 Å². The number of nitrogens with two attached hydrogens (primary N) is 1. The van der Waals surface area contributed by atoms with E-state index in [1.165, 1.54) is 0 Å². The molecular weight excluding hydrogens is 424 g/mol. The summed E-state index contributed by atoms with van der Waals surface area (Å²) in [6.45, 7) is 5.81. The number of rotatable bonds is 9. The SMILES string of the molecule is COc1cccc(C(=O)N2CC(N(CC3CCCO3)C(=O)C(C)C)CC2C(=O)NCCN)c1. The molecule has 0 spiro atoms. The highest BCUT2D eigenvalue weighted by Crippen LogP contribution is 2.28. The van der Waals surface area contributed by atoms with E-state index in [-0.39, 0.29) is 42.3 Å². The molecule has 3 amide bonds. The van der Waals surface area contributed by atoms with Crippen LogP contribution in [0.4, 0.5) is 0 Å². The first-order valence-electron chi connectivity index (χ1n) is 11.7.